The van der Waals surface area contributed by atoms with Gasteiger partial charge in [-0.2, -0.15) is 0 Å². The second-order valence-corrected chi connectivity index (χ2v) is 5.68. The molecule has 0 atom stereocenters. The summed E-state index contributed by atoms with van der Waals surface area (Å²) in [7, 11) is 0. The highest BCUT2D eigenvalue weighted by Gasteiger charge is 2.11. The van der Waals surface area contributed by atoms with Gasteiger partial charge in [-0.15, -0.1) is 0 Å². The number of hydrogen-bond acceptors (Lipinski definition) is 3. The van der Waals surface area contributed by atoms with Crippen LogP contribution in [-0.4, -0.2) is 17.7 Å². The van der Waals surface area contributed by atoms with Gasteiger partial charge in [-0.25, -0.2) is 4.79 Å². The first kappa shape index (κ1) is 15.2. The van der Waals surface area contributed by atoms with E-state index in [0.717, 1.165) is 39.6 Å². The molecule has 23 heavy (non-hydrogen) atoms. The molecule has 0 radical (unpaired) electrons. The van der Waals surface area contributed by atoms with Gasteiger partial charge in [0, 0.05) is 17.4 Å². The first-order valence-corrected chi connectivity index (χ1v) is 7.44. The zero-order valence-corrected chi connectivity index (χ0v) is 13.1. The van der Waals surface area contributed by atoms with Gasteiger partial charge in [-0.05, 0) is 36.6 Å². The number of carboxylic acid groups (broad SMARTS) is 1. The van der Waals surface area contributed by atoms with Crippen LogP contribution >= 0.6 is 0 Å². The number of furan rings is 1. The molecule has 0 fully saturated rings. The second-order valence-electron chi connectivity index (χ2n) is 5.68. The Morgan fingerprint density at radius 1 is 1.17 bits per heavy atom. The van der Waals surface area contributed by atoms with Crippen molar-refractivity contribution in [1.82, 2.24) is 0 Å². The third-order valence-electron chi connectivity index (χ3n) is 3.82. The molecule has 4 heteroatoms. The van der Waals surface area contributed by atoms with Crippen molar-refractivity contribution in [3.8, 4) is 5.75 Å². The summed E-state index contributed by atoms with van der Waals surface area (Å²) in [5, 5.41) is 9.87. The Hall–Kier alpha value is -2.75. The van der Waals surface area contributed by atoms with Gasteiger partial charge in [0.25, 0.3) is 0 Å². The van der Waals surface area contributed by atoms with Crippen molar-refractivity contribution in [1.29, 1.82) is 0 Å². The summed E-state index contributed by atoms with van der Waals surface area (Å²) in [6.07, 6.45) is 2.56. The number of rotatable bonds is 5. The van der Waals surface area contributed by atoms with Gasteiger partial charge in [0.2, 0.25) is 0 Å². The number of aryl methyl sites for hydroxylation is 2. The minimum absolute atomic E-state index is 0.326. The number of hydrogen-bond donors (Lipinski definition) is 1. The summed E-state index contributed by atoms with van der Waals surface area (Å²) in [5.41, 5.74) is 5.05. The fourth-order valence-electron chi connectivity index (χ4n) is 2.89. The van der Waals surface area contributed by atoms with E-state index < -0.39 is 5.97 Å². The Morgan fingerprint density at radius 2 is 1.87 bits per heavy atom. The first-order chi connectivity index (χ1) is 11.0. The smallest absolute Gasteiger partial charge is 0.341 e. The van der Waals surface area contributed by atoms with Gasteiger partial charge >= 0.3 is 5.97 Å². The van der Waals surface area contributed by atoms with Crippen molar-refractivity contribution in [2.45, 2.75) is 20.3 Å². The van der Waals surface area contributed by atoms with Crippen LogP contribution in [0.25, 0.3) is 11.0 Å². The summed E-state index contributed by atoms with van der Waals surface area (Å²) in [4.78, 5) is 10.7. The molecule has 3 aromatic rings. The number of ether oxygens (including phenoxy) is 1. The van der Waals surface area contributed by atoms with Crippen LogP contribution in [-0.2, 0) is 11.2 Å². The fraction of sp³-hybridized carbons (Fsp3) is 0.211. The maximum atomic E-state index is 10.7. The molecule has 0 saturated heterocycles. The lowest BCUT2D eigenvalue weighted by atomic mass is 9.99. The van der Waals surface area contributed by atoms with Gasteiger partial charge in [-0.1, -0.05) is 30.3 Å². The van der Waals surface area contributed by atoms with E-state index in [-0.39, 0.29) is 6.61 Å². The van der Waals surface area contributed by atoms with E-state index in [1.54, 1.807) is 6.26 Å². The Balaban J connectivity index is 1.88. The molecule has 0 spiro atoms. The van der Waals surface area contributed by atoms with Crippen LogP contribution in [0.5, 0.6) is 5.75 Å². The zero-order chi connectivity index (χ0) is 16.4. The molecule has 0 aliphatic rings. The lowest BCUT2D eigenvalue weighted by Crippen LogP contribution is -2.11. The molecule has 0 bridgehead atoms. The Bertz CT molecular complexity index is 838. The van der Waals surface area contributed by atoms with Crippen molar-refractivity contribution in [3.63, 3.8) is 0 Å². The molecule has 1 aromatic heterocycles. The normalized spacial score (nSPS) is 10.9. The molecule has 1 N–H and O–H groups in total. The molecule has 3 rings (SSSR count). The third kappa shape index (κ3) is 3.21. The number of benzene rings is 2. The largest absolute Gasteiger partial charge is 0.481 e. The number of para-hydroxylation sites is 1. The number of carbonyl (C=O) groups is 1. The molecule has 1 heterocycles. The van der Waals surface area contributed by atoms with Gasteiger partial charge in [0.15, 0.2) is 6.61 Å². The topological polar surface area (TPSA) is 59.7 Å². The van der Waals surface area contributed by atoms with Gasteiger partial charge in [0.1, 0.15) is 11.3 Å². The number of aliphatic carboxylic acids is 1. The van der Waals surface area contributed by atoms with Crippen LogP contribution in [0.2, 0.25) is 0 Å². The Kier molecular flexibility index (Phi) is 4.06. The van der Waals surface area contributed by atoms with E-state index in [2.05, 4.69) is 6.07 Å². The van der Waals surface area contributed by atoms with Crippen LogP contribution in [0, 0.1) is 13.8 Å². The molecule has 0 aliphatic heterocycles. The van der Waals surface area contributed by atoms with Crippen LogP contribution in [0.4, 0.5) is 0 Å². The summed E-state index contributed by atoms with van der Waals surface area (Å²) in [6, 6.07) is 12.0. The lowest BCUT2D eigenvalue weighted by molar-refractivity contribution is -0.139. The van der Waals surface area contributed by atoms with Crippen LogP contribution in [0.3, 0.4) is 0 Å². The van der Waals surface area contributed by atoms with Gasteiger partial charge in [0.05, 0.1) is 6.26 Å². The highest BCUT2D eigenvalue weighted by atomic mass is 16.5. The van der Waals surface area contributed by atoms with Crippen molar-refractivity contribution >= 4 is 16.9 Å². The Morgan fingerprint density at radius 3 is 2.57 bits per heavy atom. The highest BCUT2D eigenvalue weighted by molar-refractivity contribution is 5.81. The predicted octanol–water partition coefficient (Wildman–Crippen LogP) is 4.10. The highest BCUT2D eigenvalue weighted by Crippen LogP contribution is 2.28. The van der Waals surface area contributed by atoms with E-state index in [0.29, 0.717) is 5.75 Å². The van der Waals surface area contributed by atoms with Crippen LogP contribution in [0.1, 0.15) is 22.3 Å². The van der Waals surface area contributed by atoms with Crippen molar-refractivity contribution in [3.05, 3.63) is 64.9 Å². The summed E-state index contributed by atoms with van der Waals surface area (Å²) < 4.78 is 11.0. The number of carboxylic acids is 1. The minimum Gasteiger partial charge on any atom is -0.481 e. The van der Waals surface area contributed by atoms with Gasteiger partial charge in [-0.3, -0.25) is 0 Å². The van der Waals surface area contributed by atoms with Crippen molar-refractivity contribution < 1.29 is 19.1 Å². The molecule has 4 nitrogen and oxygen atoms in total. The van der Waals surface area contributed by atoms with E-state index in [4.69, 9.17) is 14.3 Å². The average molecular weight is 310 g/mol. The molecular formula is C19H18O4. The van der Waals surface area contributed by atoms with E-state index >= 15 is 0 Å². The Labute approximate surface area is 134 Å². The summed E-state index contributed by atoms with van der Waals surface area (Å²) in [5.74, 6) is -0.328. The minimum atomic E-state index is -0.974. The molecular weight excluding hydrogens is 292 g/mol. The maximum Gasteiger partial charge on any atom is 0.341 e. The van der Waals surface area contributed by atoms with E-state index in [1.807, 2.05) is 44.2 Å². The SMILES string of the molecule is Cc1cc(Cc2coc3ccccc23)cc(C)c1OCC(=O)O. The molecule has 0 saturated carbocycles. The van der Waals surface area contributed by atoms with Crippen molar-refractivity contribution in [2.24, 2.45) is 0 Å². The number of fused-ring (bicyclic) bond motifs is 1. The van der Waals surface area contributed by atoms with Crippen LogP contribution in [0.15, 0.2) is 47.1 Å². The molecule has 0 aliphatic carbocycles. The van der Waals surface area contributed by atoms with E-state index in [9.17, 15) is 4.79 Å². The molecule has 118 valence electrons. The molecule has 2 aromatic carbocycles. The van der Waals surface area contributed by atoms with Crippen LogP contribution < -0.4 is 4.74 Å². The lowest BCUT2D eigenvalue weighted by Gasteiger charge is -2.12. The first-order valence-electron chi connectivity index (χ1n) is 7.44. The third-order valence-corrected chi connectivity index (χ3v) is 3.82. The quantitative estimate of drug-likeness (QED) is 0.770. The zero-order valence-electron chi connectivity index (χ0n) is 13.1. The summed E-state index contributed by atoms with van der Waals surface area (Å²) in [6.45, 7) is 3.54. The monoisotopic (exact) mass is 310 g/mol. The molecule has 0 unspecified atom stereocenters. The maximum absolute atomic E-state index is 10.7. The second kappa shape index (κ2) is 6.16. The fourth-order valence-corrected chi connectivity index (χ4v) is 2.89. The van der Waals surface area contributed by atoms with Gasteiger partial charge < -0.3 is 14.3 Å². The standard InChI is InChI=1S/C19H18O4/c1-12-7-14(8-13(2)19(12)23-11-18(20)21)9-15-10-22-17-6-4-3-5-16(15)17/h3-8,10H,9,11H2,1-2H3,(H,20,21). The summed E-state index contributed by atoms with van der Waals surface area (Å²) >= 11 is 0. The average Bonchev–Trinajstić information content (AvgIpc) is 2.89. The van der Waals surface area contributed by atoms with Crippen molar-refractivity contribution in [2.75, 3.05) is 6.61 Å². The van der Waals surface area contributed by atoms with E-state index in [1.165, 1.54) is 0 Å². The predicted molar refractivity (Wildman–Crippen MR) is 88.1 cm³/mol. The molecule has 0 amide bonds.